The molecule has 0 radical (unpaired) electrons. The number of rotatable bonds is 8. The molecule has 0 fully saturated rings. The van der Waals surface area contributed by atoms with Gasteiger partial charge in [0.1, 0.15) is 5.84 Å². The maximum Gasteiger partial charge on any atom is 0.139 e. The Kier molecular flexibility index (Phi) is 7.25. The van der Waals surface area contributed by atoms with Gasteiger partial charge in [-0.3, -0.25) is 0 Å². The van der Waals surface area contributed by atoms with E-state index in [-0.39, 0.29) is 0 Å². The first-order valence-corrected chi connectivity index (χ1v) is 6.66. The molecule has 0 aliphatic carbocycles. The van der Waals surface area contributed by atoms with E-state index in [1.54, 1.807) is 0 Å². The van der Waals surface area contributed by atoms with Crippen molar-refractivity contribution in [2.24, 2.45) is 10.9 Å². The fraction of sp³-hybridized carbons (Fsp3) is 0.417. The molecule has 0 heterocycles. The molecule has 5 heteroatoms. The van der Waals surface area contributed by atoms with Crippen LogP contribution in [0.3, 0.4) is 0 Å². The fourth-order valence-electron chi connectivity index (χ4n) is 1.33. The molecule has 17 heavy (non-hydrogen) atoms. The Labute approximate surface area is 106 Å². The van der Waals surface area contributed by atoms with E-state index >= 15 is 0 Å². The van der Waals surface area contributed by atoms with Crippen LogP contribution >= 0.6 is 11.8 Å². The molecule has 4 N–H and O–H groups in total. The third kappa shape index (κ3) is 6.86. The first-order chi connectivity index (χ1) is 8.33. The minimum atomic E-state index is 0.297. The van der Waals surface area contributed by atoms with E-state index in [4.69, 9.17) is 10.9 Å². The average molecular weight is 253 g/mol. The number of thioether (sulfide) groups is 1. The SMILES string of the molecule is NC(CCCNCCSc1ccccc1)=NO. The summed E-state index contributed by atoms with van der Waals surface area (Å²) in [5, 5.41) is 14.6. The van der Waals surface area contributed by atoms with Gasteiger partial charge in [0, 0.05) is 23.6 Å². The third-order valence-electron chi connectivity index (χ3n) is 2.21. The van der Waals surface area contributed by atoms with Gasteiger partial charge in [0.25, 0.3) is 0 Å². The molecule has 0 unspecified atom stereocenters. The van der Waals surface area contributed by atoms with Crippen LogP contribution < -0.4 is 11.1 Å². The highest BCUT2D eigenvalue weighted by Crippen LogP contribution is 2.15. The summed E-state index contributed by atoms with van der Waals surface area (Å²) in [5.41, 5.74) is 5.36. The zero-order valence-corrected chi connectivity index (χ0v) is 10.6. The van der Waals surface area contributed by atoms with Gasteiger partial charge < -0.3 is 16.3 Å². The summed E-state index contributed by atoms with van der Waals surface area (Å²) in [6.45, 7) is 1.86. The molecule has 0 spiro atoms. The Morgan fingerprint density at radius 1 is 1.29 bits per heavy atom. The Balaban J connectivity index is 1.95. The summed E-state index contributed by atoms with van der Waals surface area (Å²) < 4.78 is 0. The molecule has 0 saturated heterocycles. The fourth-order valence-corrected chi connectivity index (χ4v) is 2.16. The third-order valence-corrected chi connectivity index (χ3v) is 3.22. The predicted molar refractivity (Wildman–Crippen MR) is 72.7 cm³/mol. The number of hydrogen-bond acceptors (Lipinski definition) is 4. The summed E-state index contributed by atoms with van der Waals surface area (Å²) in [5.74, 6) is 1.35. The molecular weight excluding hydrogens is 234 g/mol. The zero-order chi connectivity index (χ0) is 12.3. The molecule has 0 atom stereocenters. The highest BCUT2D eigenvalue weighted by molar-refractivity contribution is 7.99. The van der Waals surface area contributed by atoms with Crippen LogP contribution in [0.5, 0.6) is 0 Å². The quantitative estimate of drug-likeness (QED) is 0.165. The molecular formula is C12H19N3OS. The van der Waals surface area contributed by atoms with Crippen LogP contribution in [-0.4, -0.2) is 29.9 Å². The monoisotopic (exact) mass is 253 g/mol. The lowest BCUT2D eigenvalue weighted by atomic mass is 10.3. The maximum atomic E-state index is 8.34. The number of amidine groups is 1. The highest BCUT2D eigenvalue weighted by atomic mass is 32.2. The van der Waals surface area contributed by atoms with Crippen LogP contribution in [0.2, 0.25) is 0 Å². The molecule has 0 bridgehead atoms. The normalized spacial score (nSPS) is 11.6. The van der Waals surface area contributed by atoms with Gasteiger partial charge in [-0.05, 0) is 25.1 Å². The number of oxime groups is 1. The summed E-state index contributed by atoms with van der Waals surface area (Å²) in [4.78, 5) is 1.30. The molecule has 1 aromatic carbocycles. The van der Waals surface area contributed by atoms with Crippen molar-refractivity contribution in [1.29, 1.82) is 0 Å². The van der Waals surface area contributed by atoms with Crippen molar-refractivity contribution >= 4 is 17.6 Å². The Morgan fingerprint density at radius 3 is 2.76 bits per heavy atom. The summed E-state index contributed by atoms with van der Waals surface area (Å²) >= 11 is 1.84. The van der Waals surface area contributed by atoms with Gasteiger partial charge in [-0.25, -0.2) is 0 Å². The highest BCUT2D eigenvalue weighted by Gasteiger charge is 1.94. The van der Waals surface area contributed by atoms with Gasteiger partial charge in [0.2, 0.25) is 0 Å². The van der Waals surface area contributed by atoms with Crippen LogP contribution in [0, 0.1) is 0 Å². The molecule has 4 nitrogen and oxygen atoms in total. The molecule has 94 valence electrons. The first-order valence-electron chi connectivity index (χ1n) is 5.68. The molecule has 0 amide bonds. The summed E-state index contributed by atoms with van der Waals surface area (Å²) in [7, 11) is 0. The molecule has 0 aromatic heterocycles. The number of nitrogens with two attached hydrogens (primary N) is 1. The maximum absolute atomic E-state index is 8.34. The van der Waals surface area contributed by atoms with Crippen LogP contribution in [0.15, 0.2) is 40.4 Å². The number of nitrogens with zero attached hydrogens (tertiary/aromatic N) is 1. The van der Waals surface area contributed by atoms with Crippen LogP contribution in [0.4, 0.5) is 0 Å². The Morgan fingerprint density at radius 2 is 2.06 bits per heavy atom. The van der Waals surface area contributed by atoms with E-state index < -0.39 is 0 Å². The smallest absolute Gasteiger partial charge is 0.139 e. The van der Waals surface area contributed by atoms with E-state index in [1.165, 1.54) is 4.90 Å². The van der Waals surface area contributed by atoms with E-state index in [2.05, 4.69) is 22.6 Å². The largest absolute Gasteiger partial charge is 0.409 e. The average Bonchev–Trinajstić information content (AvgIpc) is 2.38. The van der Waals surface area contributed by atoms with Gasteiger partial charge in [0.15, 0.2) is 0 Å². The van der Waals surface area contributed by atoms with Gasteiger partial charge in [-0.15, -0.1) is 11.8 Å². The van der Waals surface area contributed by atoms with Crippen molar-refractivity contribution < 1.29 is 5.21 Å². The van der Waals surface area contributed by atoms with E-state index in [0.717, 1.165) is 25.3 Å². The summed E-state index contributed by atoms with van der Waals surface area (Å²) in [6, 6.07) is 10.3. The van der Waals surface area contributed by atoms with Gasteiger partial charge in [0.05, 0.1) is 0 Å². The topological polar surface area (TPSA) is 70.6 Å². The second-order valence-electron chi connectivity index (χ2n) is 3.61. The van der Waals surface area contributed by atoms with E-state index in [1.807, 2.05) is 30.0 Å². The standard InChI is InChI=1S/C12H19N3OS/c13-12(15-16)7-4-8-14-9-10-17-11-5-2-1-3-6-11/h1-3,5-6,14,16H,4,7-10H2,(H2,13,15). The van der Waals surface area contributed by atoms with Crippen molar-refractivity contribution in [3.63, 3.8) is 0 Å². The lowest BCUT2D eigenvalue weighted by Crippen LogP contribution is -2.20. The number of nitrogens with one attached hydrogen (secondary N) is 1. The molecule has 0 saturated carbocycles. The van der Waals surface area contributed by atoms with Crippen molar-refractivity contribution in [2.75, 3.05) is 18.8 Å². The van der Waals surface area contributed by atoms with Crippen molar-refractivity contribution in [3.05, 3.63) is 30.3 Å². The Hall–Kier alpha value is -1.20. The molecule has 0 aliphatic rings. The molecule has 0 aliphatic heterocycles. The molecule has 1 aromatic rings. The number of benzene rings is 1. The van der Waals surface area contributed by atoms with Crippen LogP contribution in [0.1, 0.15) is 12.8 Å². The van der Waals surface area contributed by atoms with E-state index in [9.17, 15) is 0 Å². The first kappa shape index (κ1) is 13.9. The predicted octanol–water partition coefficient (Wildman–Crippen LogP) is 1.89. The van der Waals surface area contributed by atoms with E-state index in [0.29, 0.717) is 12.3 Å². The zero-order valence-electron chi connectivity index (χ0n) is 9.80. The Bertz CT molecular complexity index is 330. The van der Waals surface area contributed by atoms with Crippen molar-refractivity contribution in [2.45, 2.75) is 17.7 Å². The van der Waals surface area contributed by atoms with Crippen molar-refractivity contribution in [3.8, 4) is 0 Å². The minimum Gasteiger partial charge on any atom is -0.409 e. The van der Waals surface area contributed by atoms with Crippen molar-refractivity contribution in [1.82, 2.24) is 5.32 Å². The minimum absolute atomic E-state index is 0.297. The number of hydrogen-bond donors (Lipinski definition) is 3. The lowest BCUT2D eigenvalue weighted by molar-refractivity contribution is 0.316. The second kappa shape index (κ2) is 8.90. The van der Waals surface area contributed by atoms with Crippen LogP contribution in [0.25, 0.3) is 0 Å². The lowest BCUT2D eigenvalue weighted by Gasteiger charge is -2.04. The summed E-state index contributed by atoms with van der Waals surface area (Å²) in [6.07, 6.45) is 1.53. The molecule has 1 rings (SSSR count). The second-order valence-corrected chi connectivity index (χ2v) is 4.77. The van der Waals surface area contributed by atoms with Gasteiger partial charge in [-0.2, -0.15) is 0 Å². The van der Waals surface area contributed by atoms with Gasteiger partial charge >= 0.3 is 0 Å². The van der Waals surface area contributed by atoms with Gasteiger partial charge in [-0.1, -0.05) is 23.4 Å². The van der Waals surface area contributed by atoms with Crippen LogP contribution in [-0.2, 0) is 0 Å².